The van der Waals surface area contributed by atoms with Gasteiger partial charge >= 0.3 is 0 Å². The fraction of sp³-hybridized carbons (Fsp3) is 0.810. The third-order valence-corrected chi connectivity index (χ3v) is 4.06. The lowest BCUT2D eigenvalue weighted by Gasteiger charge is -2.23. The topological polar surface area (TPSA) is 18.5 Å². The number of rotatable bonds is 14. The normalized spacial score (nSPS) is 13.3. The van der Waals surface area contributed by atoms with Crippen LogP contribution in [0.5, 0.6) is 0 Å². The maximum atomic E-state index is 5.83. The quantitative estimate of drug-likeness (QED) is 0.320. The second-order valence-electron chi connectivity index (χ2n) is 7.25. The molecule has 0 aliphatic heterocycles. The van der Waals surface area contributed by atoms with Crippen LogP contribution in [-0.2, 0) is 9.47 Å². The highest BCUT2D eigenvalue weighted by atomic mass is 16.5. The van der Waals surface area contributed by atoms with Crippen molar-refractivity contribution in [3.05, 3.63) is 23.7 Å². The van der Waals surface area contributed by atoms with Gasteiger partial charge in [0.05, 0.1) is 25.7 Å². The Bertz CT molecular complexity index is 308. The van der Waals surface area contributed by atoms with Crippen LogP contribution in [0.4, 0.5) is 0 Å². The molecule has 136 valence electrons. The third-order valence-electron chi connectivity index (χ3n) is 4.06. The van der Waals surface area contributed by atoms with Crippen LogP contribution in [0.2, 0.25) is 0 Å². The molecule has 0 fully saturated rings. The number of unbranched alkanes of at least 4 members (excludes halogenated alkanes) is 2. The smallest absolute Gasteiger partial charge is 0.0956 e. The highest BCUT2D eigenvalue weighted by Gasteiger charge is 2.19. The van der Waals surface area contributed by atoms with Crippen LogP contribution < -0.4 is 0 Å². The van der Waals surface area contributed by atoms with Gasteiger partial charge in [0, 0.05) is 5.41 Å². The molecule has 0 saturated heterocycles. The fourth-order valence-corrected chi connectivity index (χ4v) is 2.26. The molecule has 0 aliphatic carbocycles. The van der Waals surface area contributed by atoms with E-state index in [9.17, 15) is 0 Å². The fourth-order valence-electron chi connectivity index (χ4n) is 2.26. The first-order chi connectivity index (χ1) is 11.0. The first-order valence-electron chi connectivity index (χ1n) is 9.58. The summed E-state index contributed by atoms with van der Waals surface area (Å²) in [6.07, 6.45) is 13.4. The second-order valence-corrected chi connectivity index (χ2v) is 7.25. The van der Waals surface area contributed by atoms with E-state index in [2.05, 4.69) is 41.5 Å². The summed E-state index contributed by atoms with van der Waals surface area (Å²) in [5, 5.41) is 0. The Balaban J connectivity index is 4.21. The molecule has 0 saturated carbocycles. The minimum Gasteiger partial charge on any atom is -0.501 e. The van der Waals surface area contributed by atoms with Crippen LogP contribution in [0.25, 0.3) is 0 Å². The van der Waals surface area contributed by atoms with Crippen LogP contribution in [0.15, 0.2) is 23.7 Å². The number of hydrogen-bond donors (Lipinski definition) is 0. The van der Waals surface area contributed by atoms with Gasteiger partial charge in [0.1, 0.15) is 0 Å². The van der Waals surface area contributed by atoms with Gasteiger partial charge in [-0.2, -0.15) is 0 Å². The highest BCUT2D eigenvalue weighted by Crippen LogP contribution is 2.19. The zero-order valence-electron chi connectivity index (χ0n) is 16.5. The van der Waals surface area contributed by atoms with Crippen molar-refractivity contribution < 1.29 is 9.47 Å². The Labute approximate surface area is 145 Å². The summed E-state index contributed by atoms with van der Waals surface area (Å²) in [6.45, 7) is 14.7. The van der Waals surface area contributed by atoms with Gasteiger partial charge in [-0.05, 0) is 49.7 Å². The third kappa shape index (κ3) is 12.2. The average molecular weight is 325 g/mol. The molecule has 2 nitrogen and oxygen atoms in total. The first kappa shape index (κ1) is 22.1. The van der Waals surface area contributed by atoms with Gasteiger partial charge in [-0.3, -0.25) is 0 Å². The van der Waals surface area contributed by atoms with Gasteiger partial charge in [0.15, 0.2) is 0 Å². The van der Waals surface area contributed by atoms with E-state index in [4.69, 9.17) is 9.47 Å². The van der Waals surface area contributed by atoms with Crippen molar-refractivity contribution in [3.63, 3.8) is 0 Å². The molecule has 0 amide bonds. The van der Waals surface area contributed by atoms with Crippen molar-refractivity contribution in [1.82, 2.24) is 0 Å². The van der Waals surface area contributed by atoms with Crippen molar-refractivity contribution in [2.24, 2.45) is 5.41 Å². The maximum absolute atomic E-state index is 5.83. The average Bonchev–Trinajstić information content (AvgIpc) is 2.53. The number of allylic oxidation sites excluding steroid dienone is 2. The lowest BCUT2D eigenvalue weighted by atomic mass is 9.96. The number of ether oxygens (including phenoxy) is 2. The van der Waals surface area contributed by atoms with E-state index < -0.39 is 0 Å². The summed E-state index contributed by atoms with van der Waals surface area (Å²) in [5.74, 6) is 0. The Morgan fingerprint density at radius 1 is 0.739 bits per heavy atom. The molecule has 0 spiro atoms. The predicted octanol–water partition coefficient (Wildman–Crippen LogP) is 7.01. The molecule has 2 heteroatoms. The van der Waals surface area contributed by atoms with Gasteiger partial charge in [-0.15, -0.1) is 0 Å². The molecule has 0 N–H and O–H groups in total. The summed E-state index contributed by atoms with van der Waals surface area (Å²) in [6, 6.07) is 0. The van der Waals surface area contributed by atoms with Gasteiger partial charge in [-0.25, -0.2) is 0 Å². The minimum absolute atomic E-state index is 0.0280. The summed E-state index contributed by atoms with van der Waals surface area (Å²) >= 11 is 0. The van der Waals surface area contributed by atoms with E-state index in [1.165, 1.54) is 36.8 Å². The van der Waals surface area contributed by atoms with Crippen LogP contribution >= 0.6 is 0 Å². The Kier molecular flexibility index (Phi) is 13.0. The second kappa shape index (κ2) is 13.5. The largest absolute Gasteiger partial charge is 0.501 e. The van der Waals surface area contributed by atoms with E-state index >= 15 is 0 Å². The lowest BCUT2D eigenvalue weighted by Crippen LogP contribution is -2.23. The zero-order chi connectivity index (χ0) is 17.6. The van der Waals surface area contributed by atoms with Crippen molar-refractivity contribution in [2.75, 3.05) is 13.2 Å². The zero-order valence-corrected chi connectivity index (χ0v) is 16.5. The predicted molar refractivity (Wildman–Crippen MR) is 101 cm³/mol. The van der Waals surface area contributed by atoms with Crippen LogP contribution in [0, 0.1) is 5.41 Å². The molecular formula is C21H40O2. The van der Waals surface area contributed by atoms with Crippen molar-refractivity contribution in [2.45, 2.75) is 92.9 Å². The van der Waals surface area contributed by atoms with Gasteiger partial charge in [0.2, 0.25) is 0 Å². The van der Waals surface area contributed by atoms with Gasteiger partial charge < -0.3 is 9.47 Å². The van der Waals surface area contributed by atoms with E-state index in [0.29, 0.717) is 13.2 Å². The van der Waals surface area contributed by atoms with Crippen LogP contribution in [-0.4, -0.2) is 13.2 Å². The van der Waals surface area contributed by atoms with E-state index in [0.717, 1.165) is 25.7 Å². The molecule has 0 bridgehead atoms. The van der Waals surface area contributed by atoms with Crippen molar-refractivity contribution >= 4 is 0 Å². The molecule has 0 heterocycles. The number of hydrogen-bond acceptors (Lipinski definition) is 2. The SMILES string of the molecule is CCCCC(=COCC(C)(C)COC=C(CC)CCCC)CC. The highest BCUT2D eigenvalue weighted by molar-refractivity contribution is 4.97. The molecule has 0 aromatic rings. The van der Waals surface area contributed by atoms with E-state index in [1.54, 1.807) is 0 Å². The molecule has 0 aromatic heterocycles. The molecule has 0 rings (SSSR count). The standard InChI is InChI=1S/C21H40O2/c1-7-11-13-19(9-3)15-22-17-21(5,6)18-23-16-20(10-4)14-12-8-2/h15-16H,7-14,17-18H2,1-6H3. The molecular weight excluding hydrogens is 284 g/mol. The molecule has 0 aliphatic rings. The first-order valence-corrected chi connectivity index (χ1v) is 9.58. The van der Waals surface area contributed by atoms with Crippen molar-refractivity contribution in [1.29, 1.82) is 0 Å². The summed E-state index contributed by atoms with van der Waals surface area (Å²) in [7, 11) is 0. The molecule has 0 radical (unpaired) electrons. The van der Waals surface area contributed by atoms with E-state index in [-0.39, 0.29) is 5.41 Å². The molecule has 0 atom stereocenters. The molecule has 0 aromatic carbocycles. The Morgan fingerprint density at radius 3 is 1.43 bits per heavy atom. The molecule has 23 heavy (non-hydrogen) atoms. The maximum Gasteiger partial charge on any atom is 0.0956 e. The van der Waals surface area contributed by atoms with Gasteiger partial charge in [-0.1, -0.05) is 54.4 Å². The Morgan fingerprint density at radius 2 is 1.13 bits per heavy atom. The van der Waals surface area contributed by atoms with E-state index in [1.807, 2.05) is 12.5 Å². The van der Waals surface area contributed by atoms with Crippen LogP contribution in [0.3, 0.4) is 0 Å². The van der Waals surface area contributed by atoms with Gasteiger partial charge in [0.25, 0.3) is 0 Å². The Hall–Kier alpha value is -0.920. The molecule has 0 unspecified atom stereocenters. The minimum atomic E-state index is 0.0280. The lowest BCUT2D eigenvalue weighted by molar-refractivity contribution is 0.0637. The van der Waals surface area contributed by atoms with Crippen molar-refractivity contribution in [3.8, 4) is 0 Å². The summed E-state index contributed by atoms with van der Waals surface area (Å²) in [4.78, 5) is 0. The monoisotopic (exact) mass is 324 g/mol. The summed E-state index contributed by atoms with van der Waals surface area (Å²) in [5.41, 5.74) is 2.85. The van der Waals surface area contributed by atoms with Crippen LogP contribution in [0.1, 0.15) is 92.9 Å². The summed E-state index contributed by atoms with van der Waals surface area (Å²) < 4.78 is 11.7.